The first-order valence-electron chi connectivity index (χ1n) is 10.2. The van der Waals surface area contributed by atoms with E-state index >= 15 is 0 Å². The summed E-state index contributed by atoms with van der Waals surface area (Å²) in [5.41, 5.74) is 6.75. The zero-order valence-corrected chi connectivity index (χ0v) is 18.5. The van der Waals surface area contributed by atoms with E-state index in [0.717, 1.165) is 11.1 Å². The topological polar surface area (TPSA) is 90.8 Å². The second kappa shape index (κ2) is 10.2. The zero-order valence-electron chi connectivity index (χ0n) is 18.5. The third kappa shape index (κ3) is 4.90. The molecule has 33 heavy (non-hydrogen) atoms. The molecule has 0 bridgehead atoms. The predicted molar refractivity (Wildman–Crippen MR) is 128 cm³/mol. The van der Waals surface area contributed by atoms with Crippen LogP contribution in [-0.2, 0) is 0 Å². The summed E-state index contributed by atoms with van der Waals surface area (Å²) in [5.74, 6) is 1.99. The lowest BCUT2D eigenvalue weighted by Gasteiger charge is -2.12. The smallest absolute Gasteiger partial charge is 0.263 e. The lowest BCUT2D eigenvalue weighted by atomic mass is 10.0. The van der Waals surface area contributed by atoms with E-state index in [4.69, 9.17) is 14.2 Å². The average molecular weight is 441 g/mol. The molecule has 0 aliphatic carbocycles. The van der Waals surface area contributed by atoms with Gasteiger partial charge < -0.3 is 14.2 Å². The summed E-state index contributed by atoms with van der Waals surface area (Å²) < 4.78 is 16.2. The fourth-order valence-corrected chi connectivity index (χ4v) is 3.28. The van der Waals surface area contributed by atoms with E-state index in [2.05, 4.69) is 25.7 Å². The Morgan fingerprint density at radius 1 is 0.727 bits per heavy atom. The second-order valence-corrected chi connectivity index (χ2v) is 6.88. The predicted octanol–water partition coefficient (Wildman–Crippen LogP) is 4.68. The summed E-state index contributed by atoms with van der Waals surface area (Å²) in [6, 6.07) is 23.2. The van der Waals surface area contributed by atoms with Crippen molar-refractivity contribution in [2.45, 2.75) is 0 Å². The molecule has 0 atom stereocenters. The lowest BCUT2D eigenvalue weighted by molar-refractivity contribution is 0.374. The van der Waals surface area contributed by atoms with Gasteiger partial charge in [0.2, 0.25) is 0 Å². The summed E-state index contributed by atoms with van der Waals surface area (Å²) in [6.07, 6.45) is 1.58. The van der Waals surface area contributed by atoms with Crippen LogP contribution >= 0.6 is 0 Å². The van der Waals surface area contributed by atoms with Crippen LogP contribution < -0.4 is 19.6 Å². The van der Waals surface area contributed by atoms with Gasteiger partial charge in [-0.05, 0) is 0 Å². The highest BCUT2D eigenvalue weighted by molar-refractivity contribution is 5.88. The Kier molecular flexibility index (Phi) is 6.75. The van der Waals surface area contributed by atoms with Gasteiger partial charge in [-0.15, -0.1) is 10.2 Å². The average Bonchev–Trinajstić information content (AvgIpc) is 2.89. The van der Waals surface area contributed by atoms with Crippen LogP contribution in [0.4, 0.5) is 5.95 Å². The molecule has 0 aliphatic rings. The van der Waals surface area contributed by atoms with Gasteiger partial charge in [-0.1, -0.05) is 60.7 Å². The fourth-order valence-electron chi connectivity index (χ4n) is 3.28. The molecule has 0 unspecified atom stereocenters. The Labute approximate surface area is 191 Å². The number of aromatic nitrogens is 3. The molecule has 4 aromatic rings. The summed E-state index contributed by atoms with van der Waals surface area (Å²) in [5, 5.41) is 12.9. The van der Waals surface area contributed by atoms with E-state index in [9.17, 15) is 0 Å². The number of rotatable bonds is 8. The van der Waals surface area contributed by atoms with Gasteiger partial charge in [0.05, 0.1) is 33.1 Å². The molecule has 0 radical (unpaired) electrons. The molecule has 0 saturated heterocycles. The Bertz CT molecular complexity index is 1220. The molecule has 0 aliphatic heterocycles. The third-order valence-corrected chi connectivity index (χ3v) is 4.89. The van der Waals surface area contributed by atoms with Crippen LogP contribution in [0.1, 0.15) is 5.56 Å². The van der Waals surface area contributed by atoms with Gasteiger partial charge in [0, 0.05) is 23.3 Å². The molecule has 3 aromatic carbocycles. The molecule has 0 saturated carbocycles. The molecule has 8 nitrogen and oxygen atoms in total. The molecule has 0 spiro atoms. The quantitative estimate of drug-likeness (QED) is 0.314. The van der Waals surface area contributed by atoms with E-state index < -0.39 is 0 Å². The van der Waals surface area contributed by atoms with Crippen molar-refractivity contribution in [3.8, 4) is 39.8 Å². The molecule has 1 aromatic heterocycles. The standard InChI is InChI=1S/C25H23N5O3/c1-31-19-14-21(32-2)20(22(15-19)33-3)16-26-29-25-27-23(17-10-6-4-7-11-17)24(28-30-25)18-12-8-5-9-13-18/h4-16H,1-3H3,(H,27,29,30)/b26-16+. The number of nitrogens with zero attached hydrogens (tertiary/aromatic N) is 4. The molecule has 8 heteroatoms. The van der Waals surface area contributed by atoms with Gasteiger partial charge in [0.15, 0.2) is 0 Å². The molecular weight excluding hydrogens is 418 g/mol. The van der Waals surface area contributed by atoms with Crippen molar-refractivity contribution in [1.82, 2.24) is 15.2 Å². The van der Waals surface area contributed by atoms with Gasteiger partial charge in [-0.3, -0.25) is 0 Å². The minimum absolute atomic E-state index is 0.260. The zero-order chi connectivity index (χ0) is 23.0. The first-order valence-corrected chi connectivity index (χ1v) is 10.2. The van der Waals surface area contributed by atoms with E-state index in [-0.39, 0.29) is 5.95 Å². The van der Waals surface area contributed by atoms with Crippen LogP contribution in [0.15, 0.2) is 77.9 Å². The van der Waals surface area contributed by atoms with Crippen molar-refractivity contribution in [2.24, 2.45) is 5.10 Å². The first-order chi connectivity index (χ1) is 16.2. The molecule has 0 fully saturated rings. The van der Waals surface area contributed by atoms with E-state index in [1.54, 1.807) is 39.7 Å². The highest BCUT2D eigenvalue weighted by atomic mass is 16.5. The van der Waals surface area contributed by atoms with Crippen molar-refractivity contribution in [3.63, 3.8) is 0 Å². The molecule has 4 rings (SSSR count). The number of ether oxygens (including phenoxy) is 3. The number of anilines is 1. The van der Waals surface area contributed by atoms with Gasteiger partial charge in [0.1, 0.15) is 28.6 Å². The number of benzene rings is 3. The SMILES string of the molecule is COc1cc(OC)c(/C=N/Nc2nnc(-c3ccccc3)c(-c3ccccc3)n2)c(OC)c1. The minimum atomic E-state index is 0.260. The number of nitrogens with one attached hydrogen (secondary N) is 1. The second-order valence-electron chi connectivity index (χ2n) is 6.88. The van der Waals surface area contributed by atoms with Gasteiger partial charge in [-0.2, -0.15) is 5.10 Å². The molecule has 166 valence electrons. The van der Waals surface area contributed by atoms with E-state index in [0.29, 0.717) is 34.2 Å². The van der Waals surface area contributed by atoms with Crippen LogP contribution in [0.25, 0.3) is 22.5 Å². The third-order valence-electron chi connectivity index (χ3n) is 4.89. The maximum Gasteiger partial charge on any atom is 0.263 e. The van der Waals surface area contributed by atoms with Crippen molar-refractivity contribution < 1.29 is 14.2 Å². The summed E-state index contributed by atoms with van der Waals surface area (Å²) >= 11 is 0. The first kappa shape index (κ1) is 21.8. The Morgan fingerprint density at radius 2 is 1.30 bits per heavy atom. The van der Waals surface area contributed by atoms with Crippen molar-refractivity contribution >= 4 is 12.2 Å². The van der Waals surface area contributed by atoms with Crippen LogP contribution in [0, 0.1) is 0 Å². The van der Waals surface area contributed by atoms with Crippen molar-refractivity contribution in [3.05, 3.63) is 78.4 Å². The number of hydrazone groups is 1. The normalized spacial score (nSPS) is 10.8. The van der Waals surface area contributed by atoms with E-state index in [1.807, 2.05) is 60.7 Å². The van der Waals surface area contributed by atoms with Gasteiger partial charge in [0.25, 0.3) is 5.95 Å². The molecule has 1 heterocycles. The fraction of sp³-hybridized carbons (Fsp3) is 0.120. The van der Waals surface area contributed by atoms with Gasteiger partial charge in [-0.25, -0.2) is 10.4 Å². The number of methoxy groups -OCH3 is 3. The minimum Gasteiger partial charge on any atom is -0.496 e. The summed E-state index contributed by atoms with van der Waals surface area (Å²) in [4.78, 5) is 4.68. The highest BCUT2D eigenvalue weighted by Crippen LogP contribution is 2.33. The Hall–Kier alpha value is -4.46. The van der Waals surface area contributed by atoms with Crippen LogP contribution in [0.2, 0.25) is 0 Å². The van der Waals surface area contributed by atoms with E-state index in [1.165, 1.54) is 0 Å². The van der Waals surface area contributed by atoms with Crippen LogP contribution in [-0.4, -0.2) is 42.7 Å². The number of hydrogen-bond acceptors (Lipinski definition) is 8. The maximum atomic E-state index is 5.45. The van der Waals surface area contributed by atoms with Crippen molar-refractivity contribution in [2.75, 3.05) is 26.8 Å². The lowest BCUT2D eigenvalue weighted by Crippen LogP contribution is -2.04. The summed E-state index contributed by atoms with van der Waals surface area (Å²) in [7, 11) is 4.72. The largest absolute Gasteiger partial charge is 0.496 e. The molecule has 1 N–H and O–H groups in total. The number of hydrogen-bond donors (Lipinski definition) is 1. The van der Waals surface area contributed by atoms with Crippen molar-refractivity contribution in [1.29, 1.82) is 0 Å². The monoisotopic (exact) mass is 441 g/mol. The van der Waals surface area contributed by atoms with Crippen LogP contribution in [0.5, 0.6) is 17.2 Å². The molecular formula is C25H23N5O3. The highest BCUT2D eigenvalue weighted by Gasteiger charge is 2.14. The molecule has 0 amide bonds. The Morgan fingerprint density at radius 3 is 1.85 bits per heavy atom. The van der Waals surface area contributed by atoms with Crippen LogP contribution in [0.3, 0.4) is 0 Å². The maximum absolute atomic E-state index is 5.45. The van der Waals surface area contributed by atoms with Gasteiger partial charge >= 0.3 is 0 Å². The summed E-state index contributed by atoms with van der Waals surface area (Å²) in [6.45, 7) is 0. The Balaban J connectivity index is 1.67.